The van der Waals surface area contributed by atoms with Crippen LogP contribution >= 0.6 is 15.9 Å². The fraction of sp³-hybridized carbons (Fsp3) is 0.250. The van der Waals surface area contributed by atoms with E-state index in [2.05, 4.69) is 20.9 Å². The molecule has 4 heteroatoms. The molecule has 0 fully saturated rings. The summed E-state index contributed by atoms with van der Waals surface area (Å²) in [6, 6.07) is 3.09. The highest BCUT2D eigenvalue weighted by molar-refractivity contribution is 9.10. The molecule has 1 aromatic carbocycles. The Labute approximate surface area is 101 Å². The molecule has 0 unspecified atom stereocenters. The van der Waals surface area contributed by atoms with Crippen LogP contribution in [0.1, 0.15) is 17.7 Å². The van der Waals surface area contributed by atoms with Gasteiger partial charge in [-0.1, -0.05) is 0 Å². The number of pyridine rings is 1. The molecular formula is C12H10BrFN2. The number of anilines is 1. The van der Waals surface area contributed by atoms with Crippen LogP contribution in [0.15, 0.2) is 16.6 Å². The summed E-state index contributed by atoms with van der Waals surface area (Å²) in [5, 5.41) is 0.454. The number of nitrogen functional groups attached to an aromatic ring is 1. The zero-order valence-corrected chi connectivity index (χ0v) is 10.1. The van der Waals surface area contributed by atoms with Gasteiger partial charge < -0.3 is 5.73 Å². The second kappa shape index (κ2) is 3.42. The Hall–Kier alpha value is -1.16. The van der Waals surface area contributed by atoms with Crippen molar-refractivity contribution in [1.82, 2.24) is 4.98 Å². The van der Waals surface area contributed by atoms with Crippen LogP contribution in [0.25, 0.3) is 10.9 Å². The maximum Gasteiger partial charge on any atom is 0.134 e. The summed E-state index contributed by atoms with van der Waals surface area (Å²) in [6.07, 6.45) is 2.91. The van der Waals surface area contributed by atoms with Crippen molar-refractivity contribution < 1.29 is 4.39 Å². The minimum atomic E-state index is -0.294. The van der Waals surface area contributed by atoms with Gasteiger partial charge in [0.05, 0.1) is 10.9 Å². The van der Waals surface area contributed by atoms with Crippen molar-refractivity contribution in [3.63, 3.8) is 0 Å². The Morgan fingerprint density at radius 2 is 2.12 bits per heavy atom. The van der Waals surface area contributed by atoms with E-state index in [1.54, 1.807) is 6.07 Å². The summed E-state index contributed by atoms with van der Waals surface area (Å²) >= 11 is 3.39. The van der Waals surface area contributed by atoms with E-state index in [1.807, 2.05) is 0 Å². The first-order valence-corrected chi connectivity index (χ1v) is 6.02. The molecule has 2 aromatic rings. The second-order valence-corrected chi connectivity index (χ2v) is 4.91. The number of nitrogens with two attached hydrogens (primary N) is 1. The molecule has 0 amide bonds. The molecule has 1 heterocycles. The van der Waals surface area contributed by atoms with Crippen molar-refractivity contribution in [2.45, 2.75) is 19.3 Å². The van der Waals surface area contributed by atoms with Gasteiger partial charge in [0.25, 0.3) is 0 Å². The third-order valence-corrected chi connectivity index (χ3v) is 3.75. The molecule has 1 aliphatic rings. The van der Waals surface area contributed by atoms with Crippen LogP contribution in [0.2, 0.25) is 0 Å². The normalized spacial score (nSPS) is 14.4. The van der Waals surface area contributed by atoms with Gasteiger partial charge in [0, 0.05) is 15.9 Å². The first-order chi connectivity index (χ1) is 7.68. The van der Waals surface area contributed by atoms with Crippen molar-refractivity contribution in [3.05, 3.63) is 33.7 Å². The fourth-order valence-corrected chi connectivity index (χ4v) is 2.75. The summed E-state index contributed by atoms with van der Waals surface area (Å²) in [4.78, 5) is 4.51. The van der Waals surface area contributed by atoms with Crippen molar-refractivity contribution in [3.8, 4) is 0 Å². The molecule has 0 aliphatic heterocycles. The molecule has 16 heavy (non-hydrogen) atoms. The number of halogens is 2. The monoisotopic (exact) mass is 280 g/mol. The highest BCUT2D eigenvalue weighted by Gasteiger charge is 2.20. The summed E-state index contributed by atoms with van der Waals surface area (Å²) in [7, 11) is 0. The molecule has 2 nitrogen and oxygen atoms in total. The SMILES string of the molecule is Nc1c2c(nc3c(Br)ccc(F)c13)CCC2. The molecule has 82 valence electrons. The average Bonchev–Trinajstić information content (AvgIpc) is 2.72. The van der Waals surface area contributed by atoms with E-state index < -0.39 is 0 Å². The Bertz CT molecular complexity index is 595. The largest absolute Gasteiger partial charge is 0.398 e. The number of aromatic nitrogens is 1. The molecule has 0 radical (unpaired) electrons. The number of aryl methyl sites for hydroxylation is 1. The van der Waals surface area contributed by atoms with Gasteiger partial charge in [0.2, 0.25) is 0 Å². The Kier molecular flexibility index (Phi) is 2.14. The van der Waals surface area contributed by atoms with E-state index in [1.165, 1.54) is 6.07 Å². The van der Waals surface area contributed by atoms with E-state index in [9.17, 15) is 4.39 Å². The van der Waals surface area contributed by atoms with Crippen molar-refractivity contribution in [1.29, 1.82) is 0 Å². The second-order valence-electron chi connectivity index (χ2n) is 4.06. The zero-order chi connectivity index (χ0) is 11.3. The molecule has 2 N–H and O–H groups in total. The van der Waals surface area contributed by atoms with Gasteiger partial charge in [-0.05, 0) is 52.9 Å². The van der Waals surface area contributed by atoms with E-state index >= 15 is 0 Å². The van der Waals surface area contributed by atoms with E-state index in [-0.39, 0.29) is 5.82 Å². The quantitative estimate of drug-likeness (QED) is 0.805. The average molecular weight is 281 g/mol. The van der Waals surface area contributed by atoms with Crippen molar-refractivity contribution >= 4 is 32.5 Å². The predicted octanol–water partition coefficient (Wildman–Crippen LogP) is 3.21. The molecular weight excluding hydrogens is 271 g/mol. The first kappa shape index (κ1) is 10.0. The van der Waals surface area contributed by atoms with Crippen LogP contribution in [-0.2, 0) is 12.8 Å². The van der Waals surface area contributed by atoms with Gasteiger partial charge >= 0.3 is 0 Å². The number of nitrogens with zero attached hydrogens (tertiary/aromatic N) is 1. The summed E-state index contributed by atoms with van der Waals surface area (Å²) in [5.74, 6) is -0.294. The summed E-state index contributed by atoms with van der Waals surface area (Å²) in [5.41, 5.74) is 9.30. The Balaban J connectivity index is 2.50. The maximum atomic E-state index is 13.8. The number of fused-ring (bicyclic) bond motifs is 2. The fourth-order valence-electron chi connectivity index (χ4n) is 2.33. The lowest BCUT2D eigenvalue weighted by atomic mass is 10.1. The standard InChI is InChI=1S/C12H10BrFN2/c13-7-4-5-8(14)10-11(15)6-2-1-3-9(6)16-12(7)10/h4-5H,1-3H2,(H2,15,16). The first-order valence-electron chi connectivity index (χ1n) is 5.23. The number of hydrogen-bond donors (Lipinski definition) is 1. The molecule has 0 atom stereocenters. The van der Waals surface area contributed by atoms with Gasteiger partial charge in [-0.25, -0.2) is 4.39 Å². The Morgan fingerprint density at radius 3 is 2.94 bits per heavy atom. The van der Waals surface area contributed by atoms with Crippen LogP contribution < -0.4 is 5.73 Å². The zero-order valence-electron chi connectivity index (χ0n) is 8.56. The lowest BCUT2D eigenvalue weighted by molar-refractivity contribution is 0.639. The number of hydrogen-bond acceptors (Lipinski definition) is 2. The van der Waals surface area contributed by atoms with Crippen LogP contribution in [0, 0.1) is 5.82 Å². The predicted molar refractivity (Wildman–Crippen MR) is 65.8 cm³/mol. The van der Waals surface area contributed by atoms with Gasteiger partial charge in [-0.2, -0.15) is 0 Å². The lowest BCUT2D eigenvalue weighted by Gasteiger charge is -2.09. The molecule has 3 rings (SSSR count). The molecule has 0 bridgehead atoms. The molecule has 0 spiro atoms. The van der Waals surface area contributed by atoms with Crippen LogP contribution in [0.3, 0.4) is 0 Å². The lowest BCUT2D eigenvalue weighted by Crippen LogP contribution is -2.00. The molecule has 1 aromatic heterocycles. The number of benzene rings is 1. The molecule has 0 saturated heterocycles. The molecule has 1 aliphatic carbocycles. The third kappa shape index (κ3) is 1.26. The highest BCUT2D eigenvalue weighted by atomic mass is 79.9. The van der Waals surface area contributed by atoms with Gasteiger partial charge in [-0.15, -0.1) is 0 Å². The van der Waals surface area contributed by atoms with E-state index in [0.29, 0.717) is 16.6 Å². The van der Waals surface area contributed by atoms with Crippen LogP contribution in [-0.4, -0.2) is 4.98 Å². The Morgan fingerprint density at radius 1 is 1.31 bits per heavy atom. The van der Waals surface area contributed by atoms with E-state index in [0.717, 1.165) is 35.0 Å². The highest BCUT2D eigenvalue weighted by Crippen LogP contribution is 2.35. The minimum absolute atomic E-state index is 0.294. The molecule has 0 saturated carbocycles. The minimum Gasteiger partial charge on any atom is -0.398 e. The van der Waals surface area contributed by atoms with Crippen molar-refractivity contribution in [2.24, 2.45) is 0 Å². The van der Waals surface area contributed by atoms with Gasteiger partial charge in [0.1, 0.15) is 5.82 Å². The van der Waals surface area contributed by atoms with Crippen LogP contribution in [0.4, 0.5) is 10.1 Å². The van der Waals surface area contributed by atoms with Crippen molar-refractivity contribution in [2.75, 3.05) is 5.73 Å². The smallest absolute Gasteiger partial charge is 0.134 e. The van der Waals surface area contributed by atoms with E-state index in [4.69, 9.17) is 5.73 Å². The number of rotatable bonds is 0. The third-order valence-electron chi connectivity index (χ3n) is 3.11. The maximum absolute atomic E-state index is 13.8. The summed E-state index contributed by atoms with van der Waals surface area (Å²) < 4.78 is 14.6. The van der Waals surface area contributed by atoms with Gasteiger partial charge in [0.15, 0.2) is 0 Å². The summed E-state index contributed by atoms with van der Waals surface area (Å²) in [6.45, 7) is 0. The van der Waals surface area contributed by atoms with Crippen LogP contribution in [0.5, 0.6) is 0 Å². The topological polar surface area (TPSA) is 38.9 Å². The van der Waals surface area contributed by atoms with Gasteiger partial charge in [-0.3, -0.25) is 4.98 Å².